The van der Waals surface area contributed by atoms with Crippen LogP contribution < -0.4 is 4.90 Å². The fraction of sp³-hybridized carbons (Fsp3) is 0.235. The average molecular weight is 357 g/mol. The predicted octanol–water partition coefficient (Wildman–Crippen LogP) is 3.87. The highest BCUT2D eigenvalue weighted by atomic mass is 32.2. The Morgan fingerprint density at radius 2 is 2.21 bits per heavy atom. The van der Waals surface area contributed by atoms with Gasteiger partial charge in [-0.3, -0.25) is 4.79 Å². The van der Waals surface area contributed by atoms with E-state index in [-0.39, 0.29) is 17.7 Å². The zero-order chi connectivity index (χ0) is 16.5. The first-order valence-corrected chi connectivity index (χ1v) is 9.49. The maximum absolute atomic E-state index is 12.6. The first-order chi connectivity index (χ1) is 11.7. The summed E-state index contributed by atoms with van der Waals surface area (Å²) in [6.07, 6.45) is 0.898. The lowest BCUT2D eigenvalue weighted by Gasteiger charge is -2.22. The van der Waals surface area contributed by atoms with Gasteiger partial charge in [-0.1, -0.05) is 36.0 Å². The van der Waals surface area contributed by atoms with Crippen molar-refractivity contribution in [1.29, 1.82) is 0 Å². The summed E-state index contributed by atoms with van der Waals surface area (Å²) in [4.78, 5) is 15.5. The number of rotatable bonds is 4. The first kappa shape index (κ1) is 15.4. The van der Waals surface area contributed by atoms with Crippen LogP contribution in [0.1, 0.15) is 12.5 Å². The molecule has 1 aliphatic rings. The zero-order valence-corrected chi connectivity index (χ0v) is 14.6. The van der Waals surface area contributed by atoms with E-state index in [0.29, 0.717) is 11.1 Å². The third-order valence-corrected chi connectivity index (χ3v) is 5.59. The van der Waals surface area contributed by atoms with Gasteiger partial charge in [-0.25, -0.2) is 0 Å². The molecule has 1 amide bonds. The van der Waals surface area contributed by atoms with Gasteiger partial charge in [0.1, 0.15) is 0 Å². The number of aromatic nitrogens is 2. The molecule has 0 N–H and O–H groups in total. The second-order valence-corrected chi connectivity index (χ2v) is 7.46. The van der Waals surface area contributed by atoms with E-state index in [1.165, 1.54) is 17.3 Å². The van der Waals surface area contributed by atoms with Crippen LogP contribution in [-0.2, 0) is 11.2 Å². The second kappa shape index (κ2) is 6.41. The van der Waals surface area contributed by atoms with Crippen LogP contribution in [0.15, 0.2) is 51.4 Å². The third-order valence-electron chi connectivity index (χ3n) is 3.93. The van der Waals surface area contributed by atoms with Gasteiger partial charge in [0.2, 0.25) is 5.91 Å². The Morgan fingerprint density at radius 1 is 1.33 bits per heavy atom. The molecule has 0 saturated carbocycles. The number of hydrogen-bond acceptors (Lipinski definition) is 6. The normalized spacial score (nSPS) is 16.4. The van der Waals surface area contributed by atoms with Crippen molar-refractivity contribution in [2.75, 3.05) is 10.7 Å². The summed E-state index contributed by atoms with van der Waals surface area (Å²) >= 11 is 2.83. The van der Waals surface area contributed by atoms with E-state index in [0.717, 1.165) is 17.0 Å². The molecule has 3 aromatic rings. The number of fused-ring (bicyclic) bond motifs is 1. The van der Waals surface area contributed by atoms with Crippen LogP contribution in [0.25, 0.3) is 10.8 Å². The van der Waals surface area contributed by atoms with Gasteiger partial charge in [-0.2, -0.15) is 0 Å². The second-order valence-electron chi connectivity index (χ2n) is 5.58. The molecule has 24 heavy (non-hydrogen) atoms. The summed E-state index contributed by atoms with van der Waals surface area (Å²) in [7, 11) is 0. The van der Waals surface area contributed by atoms with Crippen molar-refractivity contribution in [2.24, 2.45) is 0 Å². The molecule has 122 valence electrons. The van der Waals surface area contributed by atoms with Crippen LogP contribution in [0.4, 0.5) is 5.69 Å². The molecule has 1 aromatic carbocycles. The molecule has 2 aromatic heterocycles. The Kier molecular flexibility index (Phi) is 4.12. The maximum Gasteiger partial charge on any atom is 0.277 e. The summed E-state index contributed by atoms with van der Waals surface area (Å²) < 4.78 is 5.62. The molecule has 5 nitrogen and oxygen atoms in total. The maximum atomic E-state index is 12.6. The number of amides is 1. The quantitative estimate of drug-likeness (QED) is 0.664. The van der Waals surface area contributed by atoms with Crippen LogP contribution in [-0.4, -0.2) is 27.9 Å². The van der Waals surface area contributed by atoms with Gasteiger partial charge in [0, 0.05) is 11.7 Å². The first-order valence-electron chi connectivity index (χ1n) is 7.62. The number of para-hydroxylation sites is 1. The van der Waals surface area contributed by atoms with Gasteiger partial charge in [0.15, 0.2) is 0 Å². The molecular formula is C17H15N3O2S2. The van der Waals surface area contributed by atoms with Crippen molar-refractivity contribution in [2.45, 2.75) is 24.6 Å². The van der Waals surface area contributed by atoms with E-state index < -0.39 is 0 Å². The molecule has 4 rings (SSSR count). The van der Waals surface area contributed by atoms with Gasteiger partial charge >= 0.3 is 0 Å². The molecule has 1 atom stereocenters. The van der Waals surface area contributed by atoms with E-state index in [1.54, 1.807) is 11.3 Å². The number of anilines is 1. The minimum absolute atomic E-state index is 0.0633. The van der Waals surface area contributed by atoms with Gasteiger partial charge in [-0.05, 0) is 36.4 Å². The minimum atomic E-state index is 0.0633. The fourth-order valence-electron chi connectivity index (χ4n) is 2.91. The molecule has 0 saturated heterocycles. The standard InChI is InChI=1S/C17H15N3O2S2/c1-11-9-12-5-2-3-6-13(12)20(11)15(21)10-24-17-19-18-16(22-17)14-7-4-8-23-14/h2-8,11H,9-10H2,1H3. The van der Waals surface area contributed by atoms with Gasteiger partial charge in [0.25, 0.3) is 11.1 Å². The predicted molar refractivity (Wildman–Crippen MR) is 95.4 cm³/mol. The molecular weight excluding hydrogens is 342 g/mol. The summed E-state index contributed by atoms with van der Waals surface area (Å²) in [5.74, 6) is 0.846. The molecule has 7 heteroatoms. The summed E-state index contributed by atoms with van der Waals surface area (Å²) in [5.41, 5.74) is 2.24. The Labute approximate surface area is 147 Å². The third kappa shape index (κ3) is 2.85. The smallest absolute Gasteiger partial charge is 0.277 e. The number of nitrogens with zero attached hydrogens (tertiary/aromatic N) is 3. The van der Waals surface area contributed by atoms with Crippen molar-refractivity contribution < 1.29 is 9.21 Å². The summed E-state index contributed by atoms with van der Waals surface area (Å²) in [6.45, 7) is 2.07. The Hall–Kier alpha value is -2.12. The number of benzene rings is 1. The van der Waals surface area contributed by atoms with Gasteiger partial charge < -0.3 is 9.32 Å². The number of carbonyl (C=O) groups excluding carboxylic acids is 1. The topological polar surface area (TPSA) is 59.2 Å². The summed E-state index contributed by atoms with van der Waals surface area (Å²) in [5, 5.41) is 10.4. The minimum Gasteiger partial charge on any atom is -0.410 e. The van der Waals surface area contributed by atoms with E-state index in [1.807, 2.05) is 40.6 Å². The zero-order valence-electron chi connectivity index (χ0n) is 13.0. The highest BCUT2D eigenvalue weighted by molar-refractivity contribution is 7.99. The lowest BCUT2D eigenvalue weighted by Crippen LogP contribution is -2.36. The Balaban J connectivity index is 1.44. The van der Waals surface area contributed by atoms with Gasteiger partial charge in [-0.15, -0.1) is 21.5 Å². The molecule has 0 bridgehead atoms. The molecule has 0 spiro atoms. The monoisotopic (exact) mass is 357 g/mol. The van der Waals surface area contributed by atoms with Crippen molar-refractivity contribution in [1.82, 2.24) is 10.2 Å². The van der Waals surface area contributed by atoms with Crippen LogP contribution >= 0.6 is 23.1 Å². The highest BCUT2D eigenvalue weighted by Gasteiger charge is 2.30. The lowest BCUT2D eigenvalue weighted by molar-refractivity contribution is -0.116. The van der Waals surface area contributed by atoms with Crippen molar-refractivity contribution in [3.05, 3.63) is 47.3 Å². The molecule has 3 heterocycles. The van der Waals surface area contributed by atoms with Crippen LogP contribution in [0.3, 0.4) is 0 Å². The molecule has 1 aliphatic heterocycles. The lowest BCUT2D eigenvalue weighted by atomic mass is 10.1. The van der Waals surface area contributed by atoms with Crippen LogP contribution in [0, 0.1) is 0 Å². The summed E-state index contributed by atoms with van der Waals surface area (Å²) in [6, 6.07) is 12.1. The van der Waals surface area contributed by atoms with E-state index in [2.05, 4.69) is 23.2 Å². The largest absolute Gasteiger partial charge is 0.410 e. The van der Waals surface area contributed by atoms with Crippen molar-refractivity contribution in [3.63, 3.8) is 0 Å². The number of thioether (sulfide) groups is 1. The SMILES string of the molecule is CC1Cc2ccccc2N1C(=O)CSc1nnc(-c2cccs2)o1. The Bertz CT molecular complexity index is 860. The highest BCUT2D eigenvalue weighted by Crippen LogP contribution is 2.33. The van der Waals surface area contributed by atoms with Crippen LogP contribution in [0.5, 0.6) is 0 Å². The molecule has 0 radical (unpaired) electrons. The molecule has 0 fully saturated rings. The van der Waals surface area contributed by atoms with Crippen LogP contribution in [0.2, 0.25) is 0 Å². The average Bonchev–Trinajstić information content (AvgIpc) is 3.31. The number of hydrogen-bond donors (Lipinski definition) is 0. The van der Waals surface area contributed by atoms with Gasteiger partial charge in [0.05, 0.1) is 10.6 Å². The van der Waals surface area contributed by atoms with E-state index >= 15 is 0 Å². The fourth-order valence-corrected chi connectivity index (χ4v) is 4.17. The number of carbonyl (C=O) groups is 1. The molecule has 0 aliphatic carbocycles. The van der Waals surface area contributed by atoms with E-state index in [9.17, 15) is 4.79 Å². The molecule has 1 unspecified atom stereocenters. The van der Waals surface area contributed by atoms with E-state index in [4.69, 9.17) is 4.42 Å². The van der Waals surface area contributed by atoms with Crippen molar-refractivity contribution in [3.8, 4) is 10.8 Å². The Morgan fingerprint density at radius 3 is 3.04 bits per heavy atom. The number of thiophene rings is 1. The van der Waals surface area contributed by atoms with Crippen molar-refractivity contribution >= 4 is 34.7 Å².